The molecule has 2 rings (SSSR count). The minimum atomic E-state index is 0.0953. The second kappa shape index (κ2) is 7.10. The third-order valence-electron chi connectivity index (χ3n) is 3.57. The van der Waals surface area contributed by atoms with E-state index in [1.807, 2.05) is 36.4 Å². The minimum absolute atomic E-state index is 0.0953. The first-order valence-corrected chi connectivity index (χ1v) is 8.13. The quantitative estimate of drug-likeness (QED) is 0.744. The van der Waals surface area contributed by atoms with Crippen LogP contribution in [0.4, 0.5) is 0 Å². The lowest BCUT2D eigenvalue weighted by molar-refractivity contribution is 0.472. The smallest absolute Gasteiger partial charge is 0.130 e. The van der Waals surface area contributed by atoms with E-state index in [4.69, 9.17) is 10.5 Å². The molecule has 2 nitrogen and oxygen atoms in total. The van der Waals surface area contributed by atoms with Gasteiger partial charge in [0.15, 0.2) is 0 Å². The van der Waals surface area contributed by atoms with Gasteiger partial charge in [-0.15, -0.1) is 0 Å². The van der Waals surface area contributed by atoms with Gasteiger partial charge in [-0.25, -0.2) is 0 Å². The van der Waals surface area contributed by atoms with Gasteiger partial charge in [0.1, 0.15) is 11.5 Å². The molecule has 21 heavy (non-hydrogen) atoms. The van der Waals surface area contributed by atoms with Crippen LogP contribution >= 0.6 is 15.9 Å². The molecule has 2 N–H and O–H groups in total. The molecule has 0 heterocycles. The van der Waals surface area contributed by atoms with E-state index in [1.54, 1.807) is 0 Å². The Kier molecular flexibility index (Phi) is 5.43. The Morgan fingerprint density at radius 3 is 2.33 bits per heavy atom. The van der Waals surface area contributed by atoms with Gasteiger partial charge in [0.2, 0.25) is 0 Å². The zero-order valence-electron chi connectivity index (χ0n) is 12.8. The summed E-state index contributed by atoms with van der Waals surface area (Å²) in [5.74, 6) is 2.15. The lowest BCUT2D eigenvalue weighted by Crippen LogP contribution is -2.08. The third kappa shape index (κ3) is 4.08. The van der Waals surface area contributed by atoms with Crippen LogP contribution in [-0.2, 0) is 0 Å². The Labute approximate surface area is 135 Å². The summed E-state index contributed by atoms with van der Waals surface area (Å²) in [5.41, 5.74) is 8.37. The van der Waals surface area contributed by atoms with Gasteiger partial charge in [0.25, 0.3) is 0 Å². The van der Waals surface area contributed by atoms with E-state index in [-0.39, 0.29) is 6.04 Å². The number of hydrogen-bond acceptors (Lipinski definition) is 2. The van der Waals surface area contributed by atoms with Crippen LogP contribution in [0.15, 0.2) is 46.9 Å². The van der Waals surface area contributed by atoms with E-state index in [1.165, 1.54) is 5.56 Å². The molecule has 1 atom stereocenters. The standard InChI is InChI=1S/C18H22BrNO/c1-4-17(20)13-5-8-15(9-6-13)21-18-10-7-14(19)11-16(18)12(2)3/h5-12,17H,4,20H2,1-3H3/t17-/m1/s1. The first kappa shape index (κ1) is 16.1. The molecule has 0 saturated heterocycles. The summed E-state index contributed by atoms with van der Waals surface area (Å²) < 4.78 is 7.10. The van der Waals surface area contributed by atoms with Crippen LogP contribution in [0.1, 0.15) is 50.3 Å². The minimum Gasteiger partial charge on any atom is -0.457 e. The summed E-state index contributed by atoms with van der Waals surface area (Å²) in [6.07, 6.45) is 0.935. The van der Waals surface area contributed by atoms with Crippen LogP contribution in [0.3, 0.4) is 0 Å². The summed E-state index contributed by atoms with van der Waals surface area (Å²) >= 11 is 3.51. The highest BCUT2D eigenvalue weighted by Gasteiger charge is 2.10. The molecule has 2 aromatic carbocycles. The number of benzene rings is 2. The largest absolute Gasteiger partial charge is 0.457 e. The summed E-state index contributed by atoms with van der Waals surface area (Å²) in [5, 5.41) is 0. The molecule has 0 spiro atoms. The zero-order valence-corrected chi connectivity index (χ0v) is 14.4. The molecule has 0 aliphatic heterocycles. The molecular formula is C18H22BrNO. The average molecular weight is 348 g/mol. The number of rotatable bonds is 5. The normalized spacial score (nSPS) is 12.5. The molecule has 112 valence electrons. The van der Waals surface area contributed by atoms with Gasteiger partial charge >= 0.3 is 0 Å². The Morgan fingerprint density at radius 1 is 1.10 bits per heavy atom. The van der Waals surface area contributed by atoms with Crippen LogP contribution in [0.25, 0.3) is 0 Å². The highest BCUT2D eigenvalue weighted by molar-refractivity contribution is 9.10. The monoisotopic (exact) mass is 347 g/mol. The van der Waals surface area contributed by atoms with Crippen LogP contribution in [-0.4, -0.2) is 0 Å². The van der Waals surface area contributed by atoms with Crippen molar-refractivity contribution < 1.29 is 4.74 Å². The molecule has 0 unspecified atom stereocenters. The highest BCUT2D eigenvalue weighted by Crippen LogP contribution is 2.33. The van der Waals surface area contributed by atoms with Crippen LogP contribution < -0.4 is 10.5 Å². The lowest BCUT2D eigenvalue weighted by Gasteiger charge is -2.15. The van der Waals surface area contributed by atoms with Gasteiger partial charge in [0, 0.05) is 10.5 Å². The van der Waals surface area contributed by atoms with E-state index in [2.05, 4.69) is 42.8 Å². The van der Waals surface area contributed by atoms with Crippen molar-refractivity contribution in [2.75, 3.05) is 0 Å². The fourth-order valence-corrected chi connectivity index (χ4v) is 2.59. The number of ether oxygens (including phenoxy) is 1. The van der Waals surface area contributed by atoms with Crippen molar-refractivity contribution in [3.05, 3.63) is 58.1 Å². The average Bonchev–Trinajstić information content (AvgIpc) is 2.49. The van der Waals surface area contributed by atoms with Crippen LogP contribution in [0, 0.1) is 0 Å². The van der Waals surface area contributed by atoms with E-state index >= 15 is 0 Å². The Bertz CT molecular complexity index is 593. The van der Waals surface area contributed by atoms with Gasteiger partial charge in [-0.2, -0.15) is 0 Å². The third-order valence-corrected chi connectivity index (χ3v) is 4.06. The fraction of sp³-hybridized carbons (Fsp3) is 0.333. The maximum absolute atomic E-state index is 6.03. The van der Waals surface area contributed by atoms with E-state index in [0.29, 0.717) is 5.92 Å². The van der Waals surface area contributed by atoms with Crippen LogP contribution in [0.5, 0.6) is 11.5 Å². The second-order valence-corrected chi connectivity index (χ2v) is 6.44. The fourth-order valence-electron chi connectivity index (χ4n) is 2.21. The number of nitrogens with two attached hydrogens (primary N) is 1. The molecule has 2 aromatic rings. The molecule has 0 fully saturated rings. The molecule has 0 bridgehead atoms. The summed E-state index contributed by atoms with van der Waals surface area (Å²) in [6.45, 7) is 6.42. The number of hydrogen-bond donors (Lipinski definition) is 1. The SMILES string of the molecule is CC[C@@H](N)c1ccc(Oc2ccc(Br)cc2C(C)C)cc1. The van der Waals surface area contributed by atoms with Crippen molar-refractivity contribution in [2.45, 2.75) is 39.2 Å². The molecule has 0 radical (unpaired) electrons. The number of halogens is 1. The van der Waals surface area contributed by atoms with E-state index in [0.717, 1.165) is 28.0 Å². The highest BCUT2D eigenvalue weighted by atomic mass is 79.9. The Hall–Kier alpha value is -1.32. The van der Waals surface area contributed by atoms with Gasteiger partial charge in [0.05, 0.1) is 0 Å². The summed E-state index contributed by atoms with van der Waals surface area (Å²) in [6, 6.07) is 14.3. The first-order valence-electron chi connectivity index (χ1n) is 7.34. The zero-order chi connectivity index (χ0) is 15.4. The van der Waals surface area contributed by atoms with E-state index in [9.17, 15) is 0 Å². The van der Waals surface area contributed by atoms with Crippen molar-refractivity contribution in [1.29, 1.82) is 0 Å². The molecular weight excluding hydrogens is 326 g/mol. The molecule has 0 saturated carbocycles. The topological polar surface area (TPSA) is 35.2 Å². The molecule has 0 aliphatic carbocycles. The van der Waals surface area contributed by atoms with Crippen molar-refractivity contribution >= 4 is 15.9 Å². The maximum atomic E-state index is 6.03. The van der Waals surface area contributed by atoms with Crippen molar-refractivity contribution in [3.8, 4) is 11.5 Å². The van der Waals surface area contributed by atoms with Crippen molar-refractivity contribution in [2.24, 2.45) is 5.73 Å². The van der Waals surface area contributed by atoms with Crippen LogP contribution in [0.2, 0.25) is 0 Å². The van der Waals surface area contributed by atoms with Gasteiger partial charge in [-0.05, 0) is 53.8 Å². The molecule has 0 aliphatic rings. The first-order chi connectivity index (χ1) is 10.0. The predicted octanol–water partition coefficient (Wildman–Crippen LogP) is 5.77. The summed E-state index contributed by atoms with van der Waals surface area (Å²) in [4.78, 5) is 0. The van der Waals surface area contributed by atoms with Gasteiger partial charge < -0.3 is 10.5 Å². The molecule has 0 aromatic heterocycles. The van der Waals surface area contributed by atoms with Gasteiger partial charge in [-0.1, -0.05) is 48.8 Å². The Balaban J connectivity index is 2.22. The van der Waals surface area contributed by atoms with Crippen molar-refractivity contribution in [3.63, 3.8) is 0 Å². The maximum Gasteiger partial charge on any atom is 0.130 e. The van der Waals surface area contributed by atoms with Crippen molar-refractivity contribution in [1.82, 2.24) is 0 Å². The molecule has 0 amide bonds. The lowest BCUT2D eigenvalue weighted by atomic mass is 10.0. The predicted molar refractivity (Wildman–Crippen MR) is 92.0 cm³/mol. The van der Waals surface area contributed by atoms with Gasteiger partial charge in [-0.3, -0.25) is 0 Å². The van der Waals surface area contributed by atoms with E-state index < -0.39 is 0 Å². The second-order valence-electron chi connectivity index (χ2n) is 5.52. The summed E-state index contributed by atoms with van der Waals surface area (Å²) in [7, 11) is 0. The molecule has 3 heteroatoms. The Morgan fingerprint density at radius 2 is 1.76 bits per heavy atom.